The van der Waals surface area contributed by atoms with E-state index in [4.69, 9.17) is 10.3 Å². The Kier molecular flexibility index (Phi) is 5.86. The van der Waals surface area contributed by atoms with Crippen molar-refractivity contribution in [2.75, 3.05) is 0 Å². The number of ketones is 1. The molecule has 1 aromatic rings. The van der Waals surface area contributed by atoms with E-state index in [1.165, 1.54) is 0 Å². The molecule has 6 nitrogen and oxygen atoms in total. The van der Waals surface area contributed by atoms with Crippen molar-refractivity contribution in [3.8, 4) is 0 Å². The Morgan fingerprint density at radius 1 is 1.23 bits per heavy atom. The van der Waals surface area contributed by atoms with Crippen molar-refractivity contribution in [2.45, 2.75) is 38.3 Å². The van der Waals surface area contributed by atoms with Crippen LogP contribution in [0.1, 0.15) is 31.2 Å². The van der Waals surface area contributed by atoms with Gasteiger partial charge in [0, 0.05) is 12.0 Å². The Morgan fingerprint density at radius 2 is 1.91 bits per heavy atom. The molecule has 1 aliphatic carbocycles. The molecule has 0 spiro atoms. The Hall–Kier alpha value is -2.46. The monoisotopic (exact) mass is 301 g/mol. The lowest BCUT2D eigenvalue weighted by Gasteiger charge is -2.26. The zero-order valence-electron chi connectivity index (χ0n) is 12.3. The molecule has 1 saturated carbocycles. The van der Waals surface area contributed by atoms with Gasteiger partial charge in [0.15, 0.2) is 0 Å². The molecule has 1 aliphatic rings. The normalized spacial score (nSPS) is 20.5. The number of ether oxygens (including phenoxy) is 1. The van der Waals surface area contributed by atoms with Gasteiger partial charge < -0.3 is 15.6 Å². The molecule has 0 aliphatic heterocycles. The van der Waals surface area contributed by atoms with E-state index in [2.05, 4.69) is 10.1 Å². The third kappa shape index (κ3) is 4.82. The van der Waals surface area contributed by atoms with Gasteiger partial charge in [-0.25, -0.2) is 4.79 Å². The van der Waals surface area contributed by atoms with E-state index in [0.717, 1.165) is 24.6 Å². The summed E-state index contributed by atoms with van der Waals surface area (Å²) in [7, 11) is 0. The van der Waals surface area contributed by atoms with Crippen LogP contribution >= 0.6 is 0 Å². The molecule has 0 saturated heterocycles. The summed E-state index contributed by atoms with van der Waals surface area (Å²) in [6.07, 6.45) is 3.30. The van der Waals surface area contributed by atoms with E-state index in [-0.39, 0.29) is 24.3 Å². The van der Waals surface area contributed by atoms with Gasteiger partial charge in [-0.3, -0.25) is 4.79 Å². The van der Waals surface area contributed by atoms with Gasteiger partial charge in [0.2, 0.25) is 5.78 Å². The molecule has 0 atom stereocenters. The first-order valence-electron chi connectivity index (χ1n) is 7.37. The summed E-state index contributed by atoms with van der Waals surface area (Å²) in [5.41, 5.74) is 9.31. The number of nitrogens with one attached hydrogen (secondary N) is 1. The van der Waals surface area contributed by atoms with Crippen LogP contribution in [0.4, 0.5) is 4.79 Å². The number of Topliss-reactive ketones (excluding diaryl/α,β-unsaturated/α-hetero) is 1. The summed E-state index contributed by atoms with van der Waals surface area (Å²) < 4.78 is 5.17. The lowest BCUT2D eigenvalue weighted by atomic mass is 9.84. The molecule has 22 heavy (non-hydrogen) atoms. The topological polar surface area (TPSA) is 91.8 Å². The first kappa shape index (κ1) is 15.9. The van der Waals surface area contributed by atoms with Crippen LogP contribution in [0.5, 0.6) is 0 Å². The van der Waals surface area contributed by atoms with Gasteiger partial charge in [0.25, 0.3) is 0 Å². The minimum atomic E-state index is -0.435. The Morgan fingerprint density at radius 3 is 2.55 bits per heavy atom. The fraction of sp³-hybridized carbons (Fsp3) is 0.438. The maximum Gasteiger partial charge on any atom is 0.407 e. The summed E-state index contributed by atoms with van der Waals surface area (Å²) >= 11 is 0. The SMILES string of the molecule is [N-]=[N+]=CC(=O)C1CCC(NC(=O)OCc2ccccc2)CC1. The predicted molar refractivity (Wildman–Crippen MR) is 80.2 cm³/mol. The second kappa shape index (κ2) is 8.10. The fourth-order valence-electron chi connectivity index (χ4n) is 2.62. The predicted octanol–water partition coefficient (Wildman–Crippen LogP) is 2.34. The van der Waals surface area contributed by atoms with Crippen molar-refractivity contribution < 1.29 is 19.1 Å². The summed E-state index contributed by atoms with van der Waals surface area (Å²) in [6, 6.07) is 9.51. The molecule has 0 radical (unpaired) electrons. The van der Waals surface area contributed by atoms with Crippen LogP contribution in [0.3, 0.4) is 0 Å². The van der Waals surface area contributed by atoms with Crippen molar-refractivity contribution >= 4 is 18.1 Å². The van der Waals surface area contributed by atoms with Crippen LogP contribution in [0.25, 0.3) is 5.53 Å². The number of benzene rings is 1. The van der Waals surface area contributed by atoms with Crippen LogP contribution in [0.2, 0.25) is 0 Å². The van der Waals surface area contributed by atoms with Crippen LogP contribution in [0, 0.1) is 5.92 Å². The molecule has 2 rings (SSSR count). The summed E-state index contributed by atoms with van der Waals surface area (Å²) in [5.74, 6) is -0.276. The first-order chi connectivity index (χ1) is 10.7. The number of hydrogen-bond donors (Lipinski definition) is 1. The van der Waals surface area contributed by atoms with Gasteiger partial charge >= 0.3 is 12.3 Å². The lowest BCUT2D eigenvalue weighted by Crippen LogP contribution is -2.39. The van der Waals surface area contributed by atoms with Crippen LogP contribution in [0.15, 0.2) is 30.3 Å². The van der Waals surface area contributed by atoms with Crippen molar-refractivity contribution in [1.82, 2.24) is 5.32 Å². The molecular weight excluding hydrogens is 282 g/mol. The number of alkyl carbamates (subject to hydrolysis) is 1. The van der Waals surface area contributed by atoms with Gasteiger partial charge in [-0.1, -0.05) is 30.3 Å². The van der Waals surface area contributed by atoms with Crippen LogP contribution in [-0.2, 0) is 16.1 Å². The maximum atomic E-state index is 11.7. The molecule has 0 heterocycles. The van der Waals surface area contributed by atoms with E-state index in [1.54, 1.807) is 0 Å². The molecule has 0 unspecified atom stereocenters. The maximum absolute atomic E-state index is 11.7. The van der Waals surface area contributed by atoms with E-state index in [9.17, 15) is 9.59 Å². The fourth-order valence-corrected chi connectivity index (χ4v) is 2.62. The van der Waals surface area contributed by atoms with Crippen LogP contribution in [-0.4, -0.2) is 28.9 Å². The highest BCUT2D eigenvalue weighted by atomic mass is 16.5. The number of carbonyl (C=O) groups excluding carboxylic acids is 2. The Balaban J connectivity index is 1.70. The Labute approximate surface area is 129 Å². The highest BCUT2D eigenvalue weighted by Crippen LogP contribution is 2.24. The minimum Gasteiger partial charge on any atom is -0.445 e. The second-order valence-electron chi connectivity index (χ2n) is 5.40. The van der Waals surface area contributed by atoms with Crippen molar-refractivity contribution in [3.63, 3.8) is 0 Å². The summed E-state index contributed by atoms with van der Waals surface area (Å²) in [6.45, 7) is 0.244. The van der Waals surface area contributed by atoms with Gasteiger partial charge in [-0.2, -0.15) is 4.79 Å². The van der Waals surface area contributed by atoms with Crippen molar-refractivity contribution in [2.24, 2.45) is 5.92 Å². The van der Waals surface area contributed by atoms with E-state index >= 15 is 0 Å². The number of nitrogens with zero attached hydrogens (tertiary/aromatic N) is 2. The quantitative estimate of drug-likeness (QED) is 0.514. The highest BCUT2D eigenvalue weighted by Gasteiger charge is 2.28. The average Bonchev–Trinajstić information content (AvgIpc) is 2.55. The number of hydrogen-bond acceptors (Lipinski definition) is 3. The van der Waals surface area contributed by atoms with E-state index < -0.39 is 6.09 Å². The third-order valence-electron chi connectivity index (χ3n) is 3.85. The largest absolute Gasteiger partial charge is 0.445 e. The molecular formula is C16H19N3O3. The van der Waals surface area contributed by atoms with Gasteiger partial charge in [0.1, 0.15) is 6.61 Å². The molecule has 1 fully saturated rings. The number of amides is 1. The molecule has 6 heteroatoms. The summed E-state index contributed by atoms with van der Waals surface area (Å²) in [4.78, 5) is 26.1. The molecule has 1 N–H and O–H groups in total. The smallest absolute Gasteiger partial charge is 0.407 e. The molecule has 0 bridgehead atoms. The molecule has 1 aromatic carbocycles. The zero-order chi connectivity index (χ0) is 15.8. The van der Waals surface area contributed by atoms with E-state index in [0.29, 0.717) is 12.8 Å². The van der Waals surface area contributed by atoms with Gasteiger partial charge in [-0.15, -0.1) is 0 Å². The minimum absolute atomic E-state index is 0.0263. The van der Waals surface area contributed by atoms with Crippen LogP contribution < -0.4 is 5.32 Å². The van der Waals surface area contributed by atoms with Crippen molar-refractivity contribution in [1.29, 1.82) is 0 Å². The summed E-state index contributed by atoms with van der Waals surface area (Å²) in [5, 5.41) is 2.83. The first-order valence-corrected chi connectivity index (χ1v) is 7.37. The number of carbonyl (C=O) groups is 2. The highest BCUT2D eigenvalue weighted by molar-refractivity contribution is 6.26. The average molecular weight is 301 g/mol. The molecule has 116 valence electrons. The second-order valence-corrected chi connectivity index (χ2v) is 5.40. The third-order valence-corrected chi connectivity index (χ3v) is 3.85. The molecule has 1 amide bonds. The van der Waals surface area contributed by atoms with Gasteiger partial charge in [0.05, 0.1) is 0 Å². The zero-order valence-corrected chi connectivity index (χ0v) is 12.3. The number of rotatable bonds is 5. The Bertz CT molecular complexity index is 559. The lowest BCUT2D eigenvalue weighted by molar-refractivity contribution is -0.120. The van der Waals surface area contributed by atoms with Crippen molar-refractivity contribution in [3.05, 3.63) is 41.4 Å². The molecule has 0 aromatic heterocycles. The standard InChI is InChI=1S/C16H19N3O3/c17-18-10-15(20)13-6-8-14(9-7-13)19-16(21)22-11-12-4-2-1-3-5-12/h1-5,10,13-14H,6-9,11H2,(H,19,21). The van der Waals surface area contributed by atoms with Gasteiger partial charge in [-0.05, 0) is 31.2 Å². The van der Waals surface area contributed by atoms with E-state index in [1.807, 2.05) is 30.3 Å².